The second-order valence-electron chi connectivity index (χ2n) is 5.53. The molecule has 0 saturated heterocycles. The smallest absolute Gasteiger partial charge is 0.251 e. The third-order valence-electron chi connectivity index (χ3n) is 3.81. The lowest BCUT2D eigenvalue weighted by atomic mass is 10.1. The Kier molecular flexibility index (Phi) is 4.48. The monoisotopic (exact) mass is 379 g/mol. The standard InChI is InChI=1S/C18H13N5OS2/c19-10-12-3-1-4-13(9-12)17(24)20-7-6-14-11-26-18-21-16(22-23(14)18)15-5-2-8-25-15/h1-5,8-9,11H,6-7H2,(H,20,24). The molecule has 0 bridgehead atoms. The Hall–Kier alpha value is -3.02. The van der Waals surface area contributed by atoms with Crippen LogP contribution >= 0.6 is 22.7 Å². The van der Waals surface area contributed by atoms with Gasteiger partial charge in [0.1, 0.15) is 0 Å². The van der Waals surface area contributed by atoms with Crippen LogP contribution < -0.4 is 5.32 Å². The van der Waals surface area contributed by atoms with Crippen LogP contribution in [0.1, 0.15) is 21.6 Å². The molecular formula is C18H13N5OS2. The lowest BCUT2D eigenvalue weighted by molar-refractivity contribution is 0.0954. The number of hydrogen-bond donors (Lipinski definition) is 1. The fraction of sp³-hybridized carbons (Fsp3) is 0.111. The predicted molar refractivity (Wildman–Crippen MR) is 101 cm³/mol. The molecule has 1 amide bonds. The van der Waals surface area contributed by atoms with Crippen molar-refractivity contribution in [1.82, 2.24) is 19.9 Å². The number of aromatic nitrogens is 3. The molecule has 0 radical (unpaired) electrons. The molecule has 0 unspecified atom stereocenters. The molecule has 0 aliphatic carbocycles. The van der Waals surface area contributed by atoms with Gasteiger partial charge in [0, 0.05) is 23.9 Å². The zero-order valence-electron chi connectivity index (χ0n) is 13.5. The second-order valence-corrected chi connectivity index (χ2v) is 7.32. The van der Waals surface area contributed by atoms with Crippen LogP contribution in [0.2, 0.25) is 0 Å². The van der Waals surface area contributed by atoms with E-state index in [-0.39, 0.29) is 5.91 Å². The summed E-state index contributed by atoms with van der Waals surface area (Å²) < 4.78 is 1.84. The van der Waals surface area contributed by atoms with Crippen molar-refractivity contribution in [2.45, 2.75) is 6.42 Å². The maximum atomic E-state index is 12.2. The van der Waals surface area contributed by atoms with Crippen molar-refractivity contribution in [3.8, 4) is 16.8 Å². The number of thiazole rings is 1. The summed E-state index contributed by atoms with van der Waals surface area (Å²) in [6.45, 7) is 0.482. The average molecular weight is 379 g/mol. The van der Waals surface area contributed by atoms with Crippen LogP contribution in [0.25, 0.3) is 15.7 Å². The first-order chi connectivity index (χ1) is 12.7. The van der Waals surface area contributed by atoms with Crippen LogP contribution in [-0.4, -0.2) is 27.0 Å². The number of benzene rings is 1. The molecule has 1 aromatic carbocycles. The molecule has 0 fully saturated rings. The molecule has 0 aliphatic rings. The number of hydrogen-bond acceptors (Lipinski definition) is 6. The van der Waals surface area contributed by atoms with Crippen LogP contribution in [-0.2, 0) is 6.42 Å². The maximum absolute atomic E-state index is 12.2. The van der Waals surface area contributed by atoms with Gasteiger partial charge < -0.3 is 5.32 Å². The minimum atomic E-state index is -0.188. The van der Waals surface area contributed by atoms with E-state index in [1.54, 1.807) is 35.6 Å². The van der Waals surface area contributed by atoms with E-state index < -0.39 is 0 Å². The third-order valence-corrected chi connectivity index (χ3v) is 5.54. The number of nitrogens with one attached hydrogen (secondary N) is 1. The topological polar surface area (TPSA) is 83.1 Å². The summed E-state index contributed by atoms with van der Waals surface area (Å²) in [6, 6.07) is 12.7. The molecule has 3 heterocycles. The zero-order chi connectivity index (χ0) is 17.9. The normalized spacial score (nSPS) is 10.7. The van der Waals surface area contributed by atoms with Gasteiger partial charge in [-0.25, -0.2) is 4.52 Å². The first kappa shape index (κ1) is 16.4. The number of amides is 1. The highest BCUT2D eigenvalue weighted by atomic mass is 32.1. The van der Waals surface area contributed by atoms with Gasteiger partial charge in [0.25, 0.3) is 5.91 Å². The molecule has 6 nitrogen and oxygen atoms in total. The van der Waals surface area contributed by atoms with Crippen LogP contribution in [0.15, 0.2) is 47.2 Å². The van der Waals surface area contributed by atoms with Gasteiger partial charge in [-0.2, -0.15) is 10.2 Å². The molecule has 0 saturated carbocycles. The van der Waals surface area contributed by atoms with Crippen molar-refractivity contribution < 1.29 is 4.79 Å². The van der Waals surface area contributed by atoms with Crippen LogP contribution in [0.3, 0.4) is 0 Å². The highest BCUT2D eigenvalue weighted by molar-refractivity contribution is 7.15. The molecule has 8 heteroatoms. The van der Waals surface area contributed by atoms with Gasteiger partial charge in [0.05, 0.1) is 22.2 Å². The van der Waals surface area contributed by atoms with Crippen LogP contribution in [0, 0.1) is 11.3 Å². The molecule has 0 atom stereocenters. The number of nitrogens with zero attached hydrogens (tertiary/aromatic N) is 4. The lowest BCUT2D eigenvalue weighted by Crippen LogP contribution is -2.26. The van der Waals surface area contributed by atoms with E-state index in [9.17, 15) is 4.79 Å². The number of thiophene rings is 1. The first-order valence-electron chi connectivity index (χ1n) is 7.90. The van der Waals surface area contributed by atoms with Crippen molar-refractivity contribution in [3.05, 3.63) is 64.0 Å². The Bertz CT molecular complexity index is 1100. The summed E-state index contributed by atoms with van der Waals surface area (Å²) in [7, 11) is 0. The van der Waals surface area contributed by atoms with E-state index in [1.807, 2.05) is 33.5 Å². The number of rotatable bonds is 5. The SMILES string of the molecule is N#Cc1cccc(C(=O)NCCc2csc3nc(-c4cccs4)nn23)c1. The fourth-order valence-electron chi connectivity index (χ4n) is 2.54. The summed E-state index contributed by atoms with van der Waals surface area (Å²) in [5.41, 5.74) is 1.97. The molecule has 1 N–H and O–H groups in total. The first-order valence-corrected chi connectivity index (χ1v) is 9.66. The molecule has 4 aromatic rings. The highest BCUT2D eigenvalue weighted by Gasteiger charge is 2.12. The summed E-state index contributed by atoms with van der Waals surface area (Å²) in [5, 5.41) is 20.4. The zero-order valence-corrected chi connectivity index (χ0v) is 15.2. The molecule has 0 spiro atoms. The van der Waals surface area contributed by atoms with E-state index in [2.05, 4.69) is 15.4 Å². The van der Waals surface area contributed by atoms with Gasteiger partial charge >= 0.3 is 0 Å². The highest BCUT2D eigenvalue weighted by Crippen LogP contribution is 2.24. The van der Waals surface area contributed by atoms with Gasteiger partial charge in [0.15, 0.2) is 5.82 Å². The average Bonchev–Trinajstić information content (AvgIpc) is 3.39. The Balaban J connectivity index is 1.43. The summed E-state index contributed by atoms with van der Waals surface area (Å²) in [4.78, 5) is 18.6. The number of fused-ring (bicyclic) bond motifs is 1. The Morgan fingerprint density at radius 1 is 1.27 bits per heavy atom. The van der Waals surface area contributed by atoms with Crippen molar-refractivity contribution in [2.75, 3.05) is 6.54 Å². The summed E-state index contributed by atoms with van der Waals surface area (Å²) in [5.74, 6) is 0.539. The largest absolute Gasteiger partial charge is 0.352 e. The van der Waals surface area contributed by atoms with E-state index >= 15 is 0 Å². The molecule has 3 aromatic heterocycles. The Labute approximate surface area is 157 Å². The predicted octanol–water partition coefficient (Wildman–Crippen LogP) is 3.36. The summed E-state index contributed by atoms with van der Waals surface area (Å²) in [6.07, 6.45) is 0.650. The van der Waals surface area contributed by atoms with Crippen molar-refractivity contribution in [1.29, 1.82) is 5.26 Å². The van der Waals surface area contributed by atoms with Gasteiger partial charge in [0.2, 0.25) is 4.96 Å². The number of nitriles is 1. The van der Waals surface area contributed by atoms with Crippen LogP contribution in [0.4, 0.5) is 0 Å². The van der Waals surface area contributed by atoms with E-state index in [0.717, 1.165) is 21.4 Å². The fourth-order valence-corrected chi connectivity index (χ4v) is 4.05. The van der Waals surface area contributed by atoms with Crippen molar-refractivity contribution >= 4 is 33.5 Å². The Morgan fingerprint density at radius 2 is 2.19 bits per heavy atom. The molecule has 0 aliphatic heterocycles. The van der Waals surface area contributed by atoms with Gasteiger partial charge in [-0.05, 0) is 29.6 Å². The molecule has 128 valence electrons. The second kappa shape index (κ2) is 7.07. The van der Waals surface area contributed by atoms with E-state index in [1.165, 1.54) is 11.3 Å². The van der Waals surface area contributed by atoms with E-state index in [4.69, 9.17) is 5.26 Å². The quantitative estimate of drug-likeness (QED) is 0.576. The van der Waals surface area contributed by atoms with Crippen LogP contribution in [0.5, 0.6) is 0 Å². The van der Waals surface area contributed by atoms with Gasteiger partial charge in [-0.15, -0.1) is 27.8 Å². The Morgan fingerprint density at radius 3 is 3.00 bits per heavy atom. The molecule has 4 rings (SSSR count). The lowest BCUT2D eigenvalue weighted by Gasteiger charge is -2.05. The van der Waals surface area contributed by atoms with Crippen molar-refractivity contribution in [3.63, 3.8) is 0 Å². The molecular weight excluding hydrogens is 366 g/mol. The maximum Gasteiger partial charge on any atom is 0.251 e. The molecule has 26 heavy (non-hydrogen) atoms. The van der Waals surface area contributed by atoms with Gasteiger partial charge in [-0.3, -0.25) is 4.79 Å². The number of carbonyl (C=O) groups excluding carboxylic acids is 1. The van der Waals surface area contributed by atoms with E-state index in [0.29, 0.717) is 24.1 Å². The minimum Gasteiger partial charge on any atom is -0.352 e. The van der Waals surface area contributed by atoms with Crippen molar-refractivity contribution in [2.24, 2.45) is 0 Å². The van der Waals surface area contributed by atoms with Gasteiger partial charge in [-0.1, -0.05) is 12.1 Å². The third kappa shape index (κ3) is 3.22. The minimum absolute atomic E-state index is 0.188. The number of carbonyl (C=O) groups is 1. The summed E-state index contributed by atoms with van der Waals surface area (Å²) >= 11 is 3.15.